The van der Waals surface area contributed by atoms with Gasteiger partial charge in [-0.15, -0.1) is 0 Å². The Balaban J connectivity index is 2.18. The van der Waals surface area contributed by atoms with E-state index in [-0.39, 0.29) is 11.8 Å². The molecule has 1 unspecified atom stereocenters. The van der Waals surface area contributed by atoms with Crippen molar-refractivity contribution >= 4 is 12.2 Å². The van der Waals surface area contributed by atoms with E-state index in [1.807, 2.05) is 4.90 Å². The zero-order chi connectivity index (χ0) is 10.4. The minimum absolute atomic E-state index is 0.0475. The molecule has 0 saturated carbocycles. The Kier molecular flexibility index (Phi) is 4.63. The van der Waals surface area contributed by atoms with Gasteiger partial charge >= 0.3 is 0 Å². The van der Waals surface area contributed by atoms with Crippen LogP contribution in [0.5, 0.6) is 0 Å². The second-order valence-electron chi connectivity index (χ2n) is 4.00. The molecule has 1 heterocycles. The van der Waals surface area contributed by atoms with Gasteiger partial charge in [-0.2, -0.15) is 0 Å². The molecule has 0 aromatic carbocycles. The van der Waals surface area contributed by atoms with Crippen molar-refractivity contribution in [3.8, 4) is 0 Å². The smallest absolute Gasteiger partial charge is 0.223 e. The Labute approximate surface area is 85.5 Å². The van der Waals surface area contributed by atoms with Crippen LogP contribution in [0.15, 0.2) is 0 Å². The van der Waals surface area contributed by atoms with Crippen LogP contribution in [0, 0.1) is 5.92 Å². The molecule has 1 fully saturated rings. The molecule has 0 aromatic heterocycles. The third-order valence-electron chi connectivity index (χ3n) is 2.72. The Morgan fingerprint density at radius 1 is 1.43 bits per heavy atom. The minimum Gasteiger partial charge on any atom is -0.342 e. The molecule has 0 N–H and O–H groups in total. The standard InChI is InChI=1S/C11H19NO2/c1-2-3-4-5-6-12-8-10(9-13)7-11(12)14/h9-10H,2-8H2,1H3. The molecule has 1 amide bonds. The molecule has 1 saturated heterocycles. The average Bonchev–Trinajstić information content (AvgIpc) is 2.54. The van der Waals surface area contributed by atoms with Crippen LogP contribution < -0.4 is 0 Å². The fraction of sp³-hybridized carbons (Fsp3) is 0.818. The summed E-state index contributed by atoms with van der Waals surface area (Å²) in [4.78, 5) is 23.7. The van der Waals surface area contributed by atoms with Gasteiger partial charge < -0.3 is 9.69 Å². The summed E-state index contributed by atoms with van der Waals surface area (Å²) in [5, 5.41) is 0. The quantitative estimate of drug-likeness (QED) is 0.479. The summed E-state index contributed by atoms with van der Waals surface area (Å²) in [5.41, 5.74) is 0. The molecule has 0 aliphatic carbocycles. The van der Waals surface area contributed by atoms with E-state index in [2.05, 4.69) is 6.92 Å². The van der Waals surface area contributed by atoms with Gasteiger partial charge in [0.15, 0.2) is 0 Å². The highest BCUT2D eigenvalue weighted by Gasteiger charge is 2.28. The number of unbranched alkanes of at least 4 members (excludes halogenated alkanes) is 3. The SMILES string of the molecule is CCCCCCN1CC(C=O)CC1=O. The van der Waals surface area contributed by atoms with E-state index in [1.165, 1.54) is 19.3 Å². The van der Waals surface area contributed by atoms with Crippen LogP contribution >= 0.6 is 0 Å². The number of amides is 1. The topological polar surface area (TPSA) is 37.4 Å². The molecule has 0 radical (unpaired) electrons. The summed E-state index contributed by atoms with van der Waals surface area (Å²) in [6, 6.07) is 0. The van der Waals surface area contributed by atoms with Gasteiger partial charge in [-0.05, 0) is 6.42 Å². The zero-order valence-electron chi connectivity index (χ0n) is 8.87. The lowest BCUT2D eigenvalue weighted by atomic mass is 10.1. The van der Waals surface area contributed by atoms with Gasteiger partial charge in [-0.3, -0.25) is 4.79 Å². The minimum atomic E-state index is -0.0475. The van der Waals surface area contributed by atoms with Crippen molar-refractivity contribution in [3.05, 3.63) is 0 Å². The third-order valence-corrected chi connectivity index (χ3v) is 2.72. The molecule has 0 aromatic rings. The number of likely N-dealkylation sites (tertiary alicyclic amines) is 1. The first kappa shape index (κ1) is 11.2. The number of hydrogen-bond acceptors (Lipinski definition) is 2. The summed E-state index contributed by atoms with van der Waals surface area (Å²) in [7, 11) is 0. The monoisotopic (exact) mass is 197 g/mol. The van der Waals surface area contributed by atoms with E-state index < -0.39 is 0 Å². The third kappa shape index (κ3) is 3.13. The number of nitrogens with zero attached hydrogens (tertiary/aromatic N) is 1. The maximum Gasteiger partial charge on any atom is 0.223 e. The maximum atomic E-state index is 11.4. The molecule has 3 heteroatoms. The average molecular weight is 197 g/mol. The predicted molar refractivity (Wildman–Crippen MR) is 54.9 cm³/mol. The molecular weight excluding hydrogens is 178 g/mol. The second kappa shape index (κ2) is 5.78. The summed E-state index contributed by atoms with van der Waals surface area (Å²) >= 11 is 0. The molecule has 1 atom stereocenters. The molecule has 0 bridgehead atoms. The van der Waals surface area contributed by atoms with Gasteiger partial charge in [0.25, 0.3) is 0 Å². The first-order valence-electron chi connectivity index (χ1n) is 5.51. The Bertz CT molecular complexity index is 203. The van der Waals surface area contributed by atoms with Gasteiger partial charge in [0.1, 0.15) is 6.29 Å². The predicted octanol–water partition coefficient (Wildman–Crippen LogP) is 1.61. The van der Waals surface area contributed by atoms with Crippen LogP contribution in [0.4, 0.5) is 0 Å². The highest BCUT2D eigenvalue weighted by Crippen LogP contribution is 2.16. The van der Waals surface area contributed by atoms with Crippen LogP contribution in [0.3, 0.4) is 0 Å². The highest BCUT2D eigenvalue weighted by atomic mass is 16.2. The highest BCUT2D eigenvalue weighted by molar-refractivity contribution is 5.82. The molecule has 1 aliphatic rings. The van der Waals surface area contributed by atoms with Crippen molar-refractivity contribution in [1.29, 1.82) is 0 Å². The molecule has 1 rings (SSSR count). The number of carbonyl (C=O) groups is 2. The van der Waals surface area contributed by atoms with Crippen LogP contribution in [-0.4, -0.2) is 30.2 Å². The second-order valence-corrected chi connectivity index (χ2v) is 4.00. The van der Waals surface area contributed by atoms with Crippen LogP contribution in [0.1, 0.15) is 39.0 Å². The fourth-order valence-electron chi connectivity index (χ4n) is 1.84. The molecule has 80 valence electrons. The van der Waals surface area contributed by atoms with Crippen LogP contribution in [-0.2, 0) is 9.59 Å². The Hall–Kier alpha value is -0.860. The van der Waals surface area contributed by atoms with E-state index in [0.717, 1.165) is 19.3 Å². The van der Waals surface area contributed by atoms with Crippen molar-refractivity contribution in [1.82, 2.24) is 4.90 Å². The number of carbonyl (C=O) groups excluding carboxylic acids is 2. The maximum absolute atomic E-state index is 11.4. The number of hydrogen-bond donors (Lipinski definition) is 0. The van der Waals surface area contributed by atoms with Crippen molar-refractivity contribution in [2.45, 2.75) is 39.0 Å². The Morgan fingerprint density at radius 2 is 2.21 bits per heavy atom. The van der Waals surface area contributed by atoms with Gasteiger partial charge in [0.2, 0.25) is 5.91 Å². The van der Waals surface area contributed by atoms with E-state index in [9.17, 15) is 9.59 Å². The van der Waals surface area contributed by atoms with E-state index in [0.29, 0.717) is 13.0 Å². The number of rotatable bonds is 6. The molecule has 0 spiro atoms. The van der Waals surface area contributed by atoms with Crippen molar-refractivity contribution in [2.75, 3.05) is 13.1 Å². The first-order valence-corrected chi connectivity index (χ1v) is 5.51. The van der Waals surface area contributed by atoms with Gasteiger partial charge in [0.05, 0.1) is 0 Å². The Morgan fingerprint density at radius 3 is 2.79 bits per heavy atom. The van der Waals surface area contributed by atoms with Gasteiger partial charge in [-0.25, -0.2) is 0 Å². The largest absolute Gasteiger partial charge is 0.342 e. The summed E-state index contributed by atoms with van der Waals surface area (Å²) in [5.74, 6) is 0.104. The van der Waals surface area contributed by atoms with Crippen LogP contribution in [0.25, 0.3) is 0 Å². The lowest BCUT2D eigenvalue weighted by Crippen LogP contribution is -2.26. The summed E-state index contributed by atoms with van der Waals surface area (Å²) in [6.07, 6.45) is 6.04. The first-order chi connectivity index (χ1) is 6.77. The number of aldehydes is 1. The zero-order valence-corrected chi connectivity index (χ0v) is 8.87. The van der Waals surface area contributed by atoms with Crippen LogP contribution in [0.2, 0.25) is 0 Å². The molecule has 1 aliphatic heterocycles. The van der Waals surface area contributed by atoms with E-state index in [4.69, 9.17) is 0 Å². The van der Waals surface area contributed by atoms with Gasteiger partial charge in [0, 0.05) is 25.4 Å². The molecule has 3 nitrogen and oxygen atoms in total. The summed E-state index contributed by atoms with van der Waals surface area (Å²) in [6.45, 7) is 3.65. The van der Waals surface area contributed by atoms with Crippen molar-refractivity contribution in [3.63, 3.8) is 0 Å². The van der Waals surface area contributed by atoms with E-state index >= 15 is 0 Å². The fourth-order valence-corrected chi connectivity index (χ4v) is 1.84. The van der Waals surface area contributed by atoms with Gasteiger partial charge in [-0.1, -0.05) is 26.2 Å². The van der Waals surface area contributed by atoms with E-state index in [1.54, 1.807) is 0 Å². The van der Waals surface area contributed by atoms with Crippen molar-refractivity contribution < 1.29 is 9.59 Å². The molecular formula is C11H19NO2. The lowest BCUT2D eigenvalue weighted by molar-refractivity contribution is -0.128. The normalized spacial score (nSPS) is 21.6. The lowest BCUT2D eigenvalue weighted by Gasteiger charge is -2.15. The summed E-state index contributed by atoms with van der Waals surface area (Å²) < 4.78 is 0. The molecule has 14 heavy (non-hydrogen) atoms. The van der Waals surface area contributed by atoms with Crippen molar-refractivity contribution in [2.24, 2.45) is 5.92 Å².